The summed E-state index contributed by atoms with van der Waals surface area (Å²) in [5.74, 6) is -0.316. The number of anilines is 1. The van der Waals surface area contributed by atoms with Gasteiger partial charge in [0.05, 0.1) is 13.1 Å². The van der Waals surface area contributed by atoms with Gasteiger partial charge in [0.1, 0.15) is 11.6 Å². The standard InChI is InChI=1S/C26H33N3O4/c1-17(2)18-10-12-21(13-11-18)28-23(30)15-27-24(31)22-14-19-8-6-7-9-20(19)16-29(22)25(32)33-26(3,4)5/h6-13,17,22H,14-16H2,1-5H3,(H,27,31)(H,28,30)/t22-/m1/s1. The van der Waals surface area contributed by atoms with Crippen LogP contribution in [0.1, 0.15) is 57.2 Å². The maximum Gasteiger partial charge on any atom is 0.411 e. The van der Waals surface area contributed by atoms with E-state index in [-0.39, 0.29) is 24.9 Å². The van der Waals surface area contributed by atoms with E-state index in [9.17, 15) is 14.4 Å². The number of nitrogens with zero attached hydrogens (tertiary/aromatic N) is 1. The molecule has 0 bridgehead atoms. The average Bonchev–Trinajstić information content (AvgIpc) is 2.75. The second-order valence-electron chi connectivity index (χ2n) is 9.64. The molecule has 1 aliphatic rings. The van der Waals surface area contributed by atoms with Gasteiger partial charge in [-0.1, -0.05) is 50.2 Å². The third kappa shape index (κ3) is 6.57. The summed E-state index contributed by atoms with van der Waals surface area (Å²) >= 11 is 0. The van der Waals surface area contributed by atoms with Gasteiger partial charge in [0.15, 0.2) is 0 Å². The molecule has 0 saturated carbocycles. The lowest BCUT2D eigenvalue weighted by molar-refractivity contribution is -0.128. The van der Waals surface area contributed by atoms with Crippen molar-refractivity contribution in [3.8, 4) is 0 Å². The highest BCUT2D eigenvalue weighted by molar-refractivity contribution is 5.96. The monoisotopic (exact) mass is 451 g/mol. The molecule has 2 aromatic carbocycles. The van der Waals surface area contributed by atoms with E-state index in [1.165, 1.54) is 10.5 Å². The first-order valence-corrected chi connectivity index (χ1v) is 11.3. The predicted octanol–water partition coefficient (Wildman–Crippen LogP) is 4.23. The summed E-state index contributed by atoms with van der Waals surface area (Å²) < 4.78 is 5.53. The van der Waals surface area contributed by atoms with Crippen LogP contribution in [0.3, 0.4) is 0 Å². The molecule has 0 spiro atoms. The molecule has 0 saturated heterocycles. The fourth-order valence-electron chi connectivity index (χ4n) is 3.71. The number of fused-ring (bicyclic) bond motifs is 1. The minimum Gasteiger partial charge on any atom is -0.444 e. The Labute approximate surface area is 195 Å². The number of hydrogen-bond acceptors (Lipinski definition) is 4. The zero-order chi connectivity index (χ0) is 24.2. The van der Waals surface area contributed by atoms with E-state index < -0.39 is 17.7 Å². The summed E-state index contributed by atoms with van der Waals surface area (Å²) in [6.45, 7) is 9.66. The lowest BCUT2D eigenvalue weighted by Crippen LogP contribution is -2.54. The fraction of sp³-hybridized carbons (Fsp3) is 0.423. The number of benzene rings is 2. The van der Waals surface area contributed by atoms with Crippen molar-refractivity contribution in [3.05, 3.63) is 65.2 Å². The van der Waals surface area contributed by atoms with Gasteiger partial charge in [-0.05, 0) is 55.5 Å². The van der Waals surface area contributed by atoms with Crippen molar-refractivity contribution in [1.82, 2.24) is 10.2 Å². The van der Waals surface area contributed by atoms with E-state index in [1.54, 1.807) is 20.8 Å². The molecule has 33 heavy (non-hydrogen) atoms. The van der Waals surface area contributed by atoms with Gasteiger partial charge in [-0.25, -0.2) is 4.79 Å². The van der Waals surface area contributed by atoms with Gasteiger partial charge in [0.25, 0.3) is 0 Å². The molecule has 1 atom stereocenters. The molecule has 0 radical (unpaired) electrons. The third-order valence-corrected chi connectivity index (χ3v) is 5.46. The molecule has 0 aliphatic carbocycles. The van der Waals surface area contributed by atoms with Crippen LogP contribution in [0.15, 0.2) is 48.5 Å². The highest BCUT2D eigenvalue weighted by Crippen LogP contribution is 2.25. The van der Waals surface area contributed by atoms with E-state index in [1.807, 2.05) is 48.5 Å². The Kier molecular flexibility index (Phi) is 7.41. The van der Waals surface area contributed by atoms with Crippen LogP contribution in [0.25, 0.3) is 0 Å². The van der Waals surface area contributed by atoms with Crippen molar-refractivity contribution in [2.24, 2.45) is 0 Å². The number of nitrogens with one attached hydrogen (secondary N) is 2. The molecule has 0 unspecified atom stereocenters. The van der Waals surface area contributed by atoms with Crippen LogP contribution in [-0.2, 0) is 27.3 Å². The van der Waals surface area contributed by atoms with E-state index in [2.05, 4.69) is 24.5 Å². The van der Waals surface area contributed by atoms with E-state index >= 15 is 0 Å². The molecule has 2 aromatic rings. The van der Waals surface area contributed by atoms with Gasteiger partial charge in [-0.3, -0.25) is 14.5 Å². The molecule has 1 aliphatic heterocycles. The van der Waals surface area contributed by atoms with Gasteiger partial charge in [-0.15, -0.1) is 0 Å². The van der Waals surface area contributed by atoms with E-state index in [4.69, 9.17) is 4.74 Å². The zero-order valence-electron chi connectivity index (χ0n) is 20.0. The van der Waals surface area contributed by atoms with Gasteiger partial charge < -0.3 is 15.4 Å². The number of carbonyl (C=O) groups is 3. The van der Waals surface area contributed by atoms with E-state index in [0.29, 0.717) is 18.0 Å². The molecule has 0 aromatic heterocycles. The van der Waals surface area contributed by atoms with Crippen molar-refractivity contribution in [2.75, 3.05) is 11.9 Å². The number of hydrogen-bond donors (Lipinski definition) is 2. The number of carbonyl (C=O) groups excluding carboxylic acids is 3. The molecule has 3 rings (SSSR count). The Morgan fingerprint density at radius 1 is 1.03 bits per heavy atom. The molecule has 7 nitrogen and oxygen atoms in total. The normalized spacial score (nSPS) is 15.6. The molecule has 7 heteroatoms. The SMILES string of the molecule is CC(C)c1ccc(NC(=O)CNC(=O)[C@H]2Cc3ccccc3CN2C(=O)OC(C)(C)C)cc1. The topological polar surface area (TPSA) is 87.7 Å². The Morgan fingerprint density at radius 2 is 1.67 bits per heavy atom. The minimum absolute atomic E-state index is 0.189. The third-order valence-electron chi connectivity index (χ3n) is 5.46. The molecule has 176 valence electrons. The number of rotatable bonds is 5. The van der Waals surface area contributed by atoms with Crippen LogP contribution in [-0.4, -0.2) is 41.0 Å². The lowest BCUT2D eigenvalue weighted by atomic mass is 9.94. The molecule has 0 fully saturated rings. The lowest BCUT2D eigenvalue weighted by Gasteiger charge is -2.36. The van der Waals surface area contributed by atoms with Gasteiger partial charge in [-0.2, -0.15) is 0 Å². The summed E-state index contributed by atoms with van der Waals surface area (Å²) in [7, 11) is 0. The van der Waals surface area contributed by atoms with E-state index in [0.717, 1.165) is 11.1 Å². The second-order valence-corrected chi connectivity index (χ2v) is 9.64. The molecule has 2 N–H and O–H groups in total. The summed E-state index contributed by atoms with van der Waals surface area (Å²) in [6, 6.07) is 14.6. The van der Waals surface area contributed by atoms with Crippen molar-refractivity contribution in [1.29, 1.82) is 0 Å². The molecule has 1 heterocycles. The highest BCUT2D eigenvalue weighted by Gasteiger charge is 2.37. The van der Waals surface area contributed by atoms with Crippen molar-refractivity contribution >= 4 is 23.6 Å². The van der Waals surface area contributed by atoms with Crippen LogP contribution in [0.2, 0.25) is 0 Å². The maximum absolute atomic E-state index is 13.0. The first-order chi connectivity index (χ1) is 15.5. The summed E-state index contributed by atoms with van der Waals surface area (Å²) in [5.41, 5.74) is 3.16. The van der Waals surface area contributed by atoms with Gasteiger partial charge >= 0.3 is 6.09 Å². The first kappa shape index (κ1) is 24.3. The highest BCUT2D eigenvalue weighted by atomic mass is 16.6. The number of amides is 3. The smallest absolute Gasteiger partial charge is 0.411 e. The van der Waals surface area contributed by atoms with Crippen molar-refractivity contribution in [3.63, 3.8) is 0 Å². The zero-order valence-corrected chi connectivity index (χ0v) is 20.0. The fourth-order valence-corrected chi connectivity index (χ4v) is 3.71. The van der Waals surface area contributed by atoms with Gasteiger partial charge in [0, 0.05) is 12.1 Å². The average molecular weight is 452 g/mol. The Hall–Kier alpha value is -3.35. The van der Waals surface area contributed by atoms with Crippen LogP contribution in [0, 0.1) is 0 Å². The number of ether oxygens (including phenoxy) is 1. The predicted molar refractivity (Wildman–Crippen MR) is 128 cm³/mol. The maximum atomic E-state index is 13.0. The van der Waals surface area contributed by atoms with Crippen molar-refractivity contribution < 1.29 is 19.1 Å². The summed E-state index contributed by atoms with van der Waals surface area (Å²) in [6.07, 6.45) is -0.189. The largest absolute Gasteiger partial charge is 0.444 e. The molecule has 3 amide bonds. The Bertz CT molecular complexity index is 1010. The second kappa shape index (κ2) is 10.1. The van der Waals surface area contributed by atoms with Crippen LogP contribution in [0.4, 0.5) is 10.5 Å². The van der Waals surface area contributed by atoms with Crippen molar-refractivity contribution in [2.45, 2.75) is 65.1 Å². The van der Waals surface area contributed by atoms with Crippen LogP contribution < -0.4 is 10.6 Å². The molecular formula is C26H33N3O4. The summed E-state index contributed by atoms with van der Waals surface area (Å²) in [5, 5.41) is 5.47. The van der Waals surface area contributed by atoms with Gasteiger partial charge in [0.2, 0.25) is 11.8 Å². The molecular weight excluding hydrogens is 418 g/mol. The van der Waals surface area contributed by atoms with Crippen LogP contribution in [0.5, 0.6) is 0 Å². The van der Waals surface area contributed by atoms with Crippen LogP contribution >= 0.6 is 0 Å². The Balaban J connectivity index is 1.65. The summed E-state index contributed by atoms with van der Waals surface area (Å²) in [4.78, 5) is 39.7. The quantitative estimate of drug-likeness (QED) is 0.712. The Morgan fingerprint density at radius 3 is 2.27 bits per heavy atom. The minimum atomic E-state index is -0.757. The first-order valence-electron chi connectivity index (χ1n) is 11.3.